The first-order valence-corrected chi connectivity index (χ1v) is 25.5. The summed E-state index contributed by atoms with van der Waals surface area (Å²) in [6, 6.07) is 18.8. The molecule has 1 aliphatic rings. The van der Waals surface area contributed by atoms with Crippen LogP contribution in [0.1, 0.15) is 137 Å². The molecule has 396 valence electrons. The molecule has 3 aromatic rings. The van der Waals surface area contributed by atoms with Crippen LogP contribution in [0.2, 0.25) is 0 Å². The molecule has 15 nitrogen and oxygen atoms in total. The molecule has 4 rings (SSSR count). The number of amides is 6. The minimum atomic E-state index is -1.08. The highest BCUT2D eigenvalue weighted by Gasteiger charge is 2.42. The zero-order valence-corrected chi connectivity index (χ0v) is 45.5. The van der Waals surface area contributed by atoms with E-state index in [4.69, 9.17) is 0 Å². The van der Waals surface area contributed by atoms with Gasteiger partial charge in [0.05, 0.1) is 24.3 Å². The molecule has 0 radical (unpaired) electrons. The molecule has 0 spiro atoms. The molecule has 15 heteroatoms. The number of carbonyl (C=O) groups is 7. The average Bonchev–Trinajstić information content (AvgIpc) is 3.38. The molecule has 1 heterocycles. The number of carbonyl (C=O) groups excluding carboxylic acids is 6. The maximum atomic E-state index is 14.2. The number of allylic oxidation sites excluding steroid dienone is 1. The fraction of sp³-hybridized carbons (Fsp3) is 0.500. The van der Waals surface area contributed by atoms with Gasteiger partial charge in [-0.05, 0) is 97.4 Å². The van der Waals surface area contributed by atoms with Crippen LogP contribution in [0.5, 0.6) is 0 Å². The molecule has 0 fully saturated rings. The van der Waals surface area contributed by atoms with Gasteiger partial charge < -0.3 is 41.5 Å². The molecule has 6 atom stereocenters. The third-order valence-corrected chi connectivity index (χ3v) is 13.8. The van der Waals surface area contributed by atoms with Crippen molar-refractivity contribution < 1.29 is 38.7 Å². The van der Waals surface area contributed by atoms with Crippen molar-refractivity contribution >= 4 is 58.9 Å². The topological polar surface area (TPSA) is 206 Å². The van der Waals surface area contributed by atoms with Crippen molar-refractivity contribution in [1.82, 2.24) is 26.2 Å². The number of hydrogen-bond donors (Lipinski definition) is 6. The number of nitrogens with zero attached hydrogens (tertiary/aromatic N) is 2. The monoisotopic (exact) mass is 1000 g/mol. The van der Waals surface area contributed by atoms with Crippen LogP contribution in [0.15, 0.2) is 90.5 Å². The van der Waals surface area contributed by atoms with E-state index in [-0.39, 0.29) is 53.9 Å². The fourth-order valence-electron chi connectivity index (χ4n) is 9.21. The minimum absolute atomic E-state index is 0.0390. The number of likely N-dealkylation sites (N-methyl/N-ethyl adjacent to an activating group) is 2. The van der Waals surface area contributed by atoms with Crippen LogP contribution >= 0.6 is 0 Å². The Morgan fingerprint density at radius 2 is 1.42 bits per heavy atom. The molecule has 0 saturated carbocycles. The lowest BCUT2D eigenvalue weighted by atomic mass is 9.76. The first-order chi connectivity index (χ1) is 34.2. The van der Waals surface area contributed by atoms with Gasteiger partial charge in [0.1, 0.15) is 18.1 Å². The van der Waals surface area contributed by atoms with Crippen LogP contribution in [0.3, 0.4) is 0 Å². The van der Waals surface area contributed by atoms with E-state index < -0.39 is 64.7 Å². The molecule has 1 unspecified atom stereocenters. The first kappa shape index (κ1) is 59.0. The predicted octanol–water partition coefficient (Wildman–Crippen LogP) is 8.11. The first-order valence-electron chi connectivity index (χ1n) is 25.5. The van der Waals surface area contributed by atoms with Crippen LogP contribution in [0.4, 0.5) is 11.4 Å². The Morgan fingerprint density at radius 3 is 2.05 bits per heavy atom. The smallest absolute Gasteiger partial charge is 0.331 e. The van der Waals surface area contributed by atoms with Crippen molar-refractivity contribution in [2.45, 2.75) is 157 Å². The van der Waals surface area contributed by atoms with Crippen molar-refractivity contribution in [2.24, 2.45) is 17.3 Å². The summed E-state index contributed by atoms with van der Waals surface area (Å²) in [6.45, 7) is 22.3. The number of carboxylic acid groups (broad SMARTS) is 1. The highest BCUT2D eigenvalue weighted by molar-refractivity contribution is 5.99. The number of anilines is 2. The van der Waals surface area contributed by atoms with E-state index in [0.29, 0.717) is 30.6 Å². The summed E-state index contributed by atoms with van der Waals surface area (Å²) in [6.07, 6.45) is 7.05. The summed E-state index contributed by atoms with van der Waals surface area (Å²) in [5.74, 6) is -3.49. The van der Waals surface area contributed by atoms with Gasteiger partial charge in [-0.15, -0.1) is 0 Å². The van der Waals surface area contributed by atoms with Crippen molar-refractivity contribution in [2.75, 3.05) is 24.3 Å². The highest BCUT2D eigenvalue weighted by atomic mass is 16.4. The number of unbranched alkanes of at least 4 members (excludes halogenated alkanes) is 1. The summed E-state index contributed by atoms with van der Waals surface area (Å²) in [4.78, 5) is 97.7. The van der Waals surface area contributed by atoms with Gasteiger partial charge in [0.2, 0.25) is 35.4 Å². The van der Waals surface area contributed by atoms with Crippen LogP contribution < -0.4 is 31.5 Å². The van der Waals surface area contributed by atoms with E-state index >= 15 is 0 Å². The molecule has 0 saturated heterocycles. The normalized spacial score (nSPS) is 16.5. The maximum absolute atomic E-state index is 14.2. The second kappa shape index (κ2) is 25.9. The van der Waals surface area contributed by atoms with Gasteiger partial charge in [0.15, 0.2) is 0 Å². The van der Waals surface area contributed by atoms with Crippen LogP contribution in [0.25, 0.3) is 6.08 Å². The Labute approximate surface area is 433 Å². The molecule has 6 N–H and O–H groups in total. The quantitative estimate of drug-likeness (QED) is 0.0450. The van der Waals surface area contributed by atoms with Crippen LogP contribution in [-0.4, -0.2) is 95.7 Å². The summed E-state index contributed by atoms with van der Waals surface area (Å²) >= 11 is 0. The Morgan fingerprint density at radius 1 is 0.781 bits per heavy atom. The molecule has 0 aliphatic carbocycles. The number of rotatable bonds is 21. The third kappa shape index (κ3) is 15.7. The molecule has 6 amide bonds. The third-order valence-electron chi connectivity index (χ3n) is 13.8. The molecular weight excluding hydrogens is 923 g/mol. The van der Waals surface area contributed by atoms with Crippen molar-refractivity contribution in [3.05, 3.63) is 113 Å². The van der Waals surface area contributed by atoms with Crippen LogP contribution in [-0.2, 0) is 45.5 Å². The Hall–Kier alpha value is -6.61. The van der Waals surface area contributed by atoms with E-state index in [2.05, 4.69) is 57.8 Å². The van der Waals surface area contributed by atoms with Gasteiger partial charge in [-0.3, -0.25) is 28.8 Å². The number of fused-ring (bicyclic) bond motifs is 2. The lowest BCUT2D eigenvalue weighted by molar-refractivity contribution is -0.141. The molecule has 0 aromatic heterocycles. The number of aliphatic carboxylic acids is 1. The van der Waals surface area contributed by atoms with E-state index in [1.807, 2.05) is 110 Å². The lowest BCUT2D eigenvalue weighted by Gasteiger charge is -2.40. The maximum Gasteiger partial charge on any atom is 0.331 e. The summed E-state index contributed by atoms with van der Waals surface area (Å²) < 4.78 is 0. The predicted molar refractivity (Wildman–Crippen MR) is 289 cm³/mol. The van der Waals surface area contributed by atoms with Gasteiger partial charge >= 0.3 is 5.97 Å². The van der Waals surface area contributed by atoms with E-state index in [9.17, 15) is 38.7 Å². The summed E-state index contributed by atoms with van der Waals surface area (Å²) in [5, 5.41) is 24.1. The van der Waals surface area contributed by atoms with Gasteiger partial charge in [-0.25, -0.2) is 4.79 Å². The van der Waals surface area contributed by atoms with Gasteiger partial charge in [-0.1, -0.05) is 142 Å². The second-order valence-corrected chi connectivity index (χ2v) is 21.8. The largest absolute Gasteiger partial charge is 0.478 e. The second-order valence-electron chi connectivity index (χ2n) is 21.8. The molecule has 0 bridgehead atoms. The number of hydrogen-bond acceptors (Lipinski definition) is 8. The Balaban J connectivity index is 1.36. The van der Waals surface area contributed by atoms with Crippen molar-refractivity contribution in [3.8, 4) is 0 Å². The lowest BCUT2D eigenvalue weighted by Crippen LogP contribution is -2.61. The molecular formula is C58H81N7O8. The zero-order chi connectivity index (χ0) is 54.5. The van der Waals surface area contributed by atoms with E-state index in [0.717, 1.165) is 16.8 Å². The van der Waals surface area contributed by atoms with E-state index in [1.165, 1.54) is 17.4 Å². The van der Waals surface area contributed by atoms with E-state index in [1.54, 1.807) is 45.3 Å². The number of carboxylic acids is 1. The number of nitrogens with one attached hydrogen (secondary N) is 5. The average molecular weight is 1000 g/mol. The SMILES string of the molecule is CN[C@@H](C(=O)N[C@H](C(=O)N(C)[C@H](/C=C(\C)C(=O)O)C(C)C)C(C)(C)C)C(C)(C)c1cccc(NC(=O)[C@H](C)NC(=O)[C@@H](NC(=O)CCCCC(=O)N2Cc3ccccc3C(C)/C=C\c3ccccc32)C(C)C)c1. The summed E-state index contributed by atoms with van der Waals surface area (Å²) in [5.41, 5.74) is 3.68. The van der Waals surface area contributed by atoms with Gasteiger partial charge in [0, 0.05) is 36.6 Å². The highest BCUT2D eigenvalue weighted by Crippen LogP contribution is 2.33. The van der Waals surface area contributed by atoms with Gasteiger partial charge in [-0.2, -0.15) is 0 Å². The zero-order valence-electron chi connectivity index (χ0n) is 45.5. The molecule has 1 aliphatic heterocycles. The minimum Gasteiger partial charge on any atom is -0.478 e. The fourth-order valence-corrected chi connectivity index (χ4v) is 9.21. The standard InChI is InChI=1S/C58H81N7O8/c1-35(2)46(32-38(6)56(72)73)64(14)55(71)51(57(8,9)10)63-54(70)50(59-13)58(11,12)42-24-21-25-43(33-42)61-52(68)39(7)60-53(69)49(36(3)4)62-47(66)28-19-20-29-48(67)65-34-41-23-15-17-26-44(41)37(5)30-31-40-22-16-18-27-45(40)65/h15-18,21-27,30-33,35-37,39,46,49-51,59H,19-20,28-29,34H2,1-14H3,(H,60,69)(H,61,68)(H,62,66)(H,63,70)(H,72,73)/b31-30-,38-32+/t37?,39-,46+,49-,50-,51+/m0/s1. The Kier molecular flexibility index (Phi) is 20.9. The number of para-hydroxylation sites is 1. The van der Waals surface area contributed by atoms with Crippen molar-refractivity contribution in [1.29, 1.82) is 0 Å². The van der Waals surface area contributed by atoms with Crippen molar-refractivity contribution in [3.63, 3.8) is 0 Å². The van der Waals surface area contributed by atoms with Crippen LogP contribution in [0, 0.1) is 17.3 Å². The van der Waals surface area contributed by atoms with Gasteiger partial charge in [0.25, 0.3) is 0 Å². The molecule has 73 heavy (non-hydrogen) atoms. The molecule has 3 aromatic carbocycles. The Bertz CT molecular complexity index is 2520. The number of benzene rings is 3. The summed E-state index contributed by atoms with van der Waals surface area (Å²) in [7, 11) is 3.27.